The summed E-state index contributed by atoms with van der Waals surface area (Å²) in [7, 11) is 0. The second kappa shape index (κ2) is 3.47. The van der Waals surface area contributed by atoms with Crippen molar-refractivity contribution in [2.24, 2.45) is 0 Å². The highest BCUT2D eigenvalue weighted by Crippen LogP contribution is 2.11. The zero-order valence-electron chi connectivity index (χ0n) is 7.22. The van der Waals surface area contributed by atoms with Gasteiger partial charge in [-0.1, -0.05) is 0 Å². The predicted octanol–water partition coefficient (Wildman–Crippen LogP) is -0.0470. The van der Waals surface area contributed by atoms with Gasteiger partial charge >= 0.3 is 0 Å². The van der Waals surface area contributed by atoms with E-state index in [0.717, 1.165) is 32.6 Å². The van der Waals surface area contributed by atoms with E-state index < -0.39 is 0 Å². The lowest BCUT2D eigenvalue weighted by Gasteiger charge is -2.31. The molecule has 5 nitrogen and oxygen atoms in total. The van der Waals surface area contributed by atoms with Crippen LogP contribution in [0.1, 0.15) is 0 Å². The first-order chi connectivity index (χ1) is 6.40. The largest absolute Gasteiger partial charge is 0.432 e. The maximum Gasteiger partial charge on any atom is 0.297 e. The summed E-state index contributed by atoms with van der Waals surface area (Å²) in [6.07, 6.45) is 4.07. The van der Waals surface area contributed by atoms with Gasteiger partial charge in [0.25, 0.3) is 6.01 Å². The Bertz CT molecular complexity index is 265. The number of anilines is 1. The number of piperazine rings is 1. The molecule has 0 saturated carbocycles. The highest BCUT2D eigenvalue weighted by Gasteiger charge is 2.17. The minimum atomic E-state index is 0.644. The Morgan fingerprint density at radius 3 is 2.69 bits per heavy atom. The standard InChI is InChI=1S/C8H11N3O2/c12-7-10-2-4-11(5-3-10)8-9-1-6-13-8/h1,6-7H,2-5H2. The summed E-state index contributed by atoms with van der Waals surface area (Å²) in [5.41, 5.74) is 0. The van der Waals surface area contributed by atoms with Gasteiger partial charge in [-0.05, 0) is 0 Å². The Hall–Kier alpha value is -1.52. The number of hydrogen-bond acceptors (Lipinski definition) is 4. The van der Waals surface area contributed by atoms with Crippen LogP contribution in [0.3, 0.4) is 0 Å². The zero-order valence-corrected chi connectivity index (χ0v) is 7.22. The van der Waals surface area contributed by atoms with Crippen molar-refractivity contribution in [1.29, 1.82) is 0 Å². The average Bonchev–Trinajstić information content (AvgIpc) is 2.71. The maximum atomic E-state index is 10.4. The van der Waals surface area contributed by atoms with E-state index in [-0.39, 0.29) is 0 Å². The van der Waals surface area contributed by atoms with E-state index in [1.807, 2.05) is 4.90 Å². The molecule has 2 rings (SSSR count). The molecule has 1 fully saturated rings. The number of nitrogens with zero attached hydrogens (tertiary/aromatic N) is 3. The number of aromatic nitrogens is 1. The lowest BCUT2D eigenvalue weighted by molar-refractivity contribution is -0.118. The Balaban J connectivity index is 1.95. The molecule has 0 aromatic carbocycles. The predicted molar refractivity (Wildman–Crippen MR) is 46.4 cm³/mol. The van der Waals surface area contributed by atoms with Gasteiger partial charge in [-0.15, -0.1) is 0 Å². The third-order valence-electron chi connectivity index (χ3n) is 2.15. The Morgan fingerprint density at radius 2 is 2.15 bits per heavy atom. The smallest absolute Gasteiger partial charge is 0.297 e. The Labute approximate surface area is 75.9 Å². The summed E-state index contributed by atoms with van der Waals surface area (Å²) >= 11 is 0. The van der Waals surface area contributed by atoms with E-state index in [9.17, 15) is 4.79 Å². The number of carbonyl (C=O) groups is 1. The van der Waals surface area contributed by atoms with Gasteiger partial charge in [0.1, 0.15) is 6.26 Å². The topological polar surface area (TPSA) is 49.6 Å². The first-order valence-electron chi connectivity index (χ1n) is 4.24. The van der Waals surface area contributed by atoms with Gasteiger partial charge in [0.05, 0.1) is 6.20 Å². The summed E-state index contributed by atoms with van der Waals surface area (Å²) in [5.74, 6) is 0. The van der Waals surface area contributed by atoms with Crippen LogP contribution in [0, 0.1) is 0 Å². The monoisotopic (exact) mass is 181 g/mol. The second-order valence-electron chi connectivity index (χ2n) is 2.94. The molecule has 1 aromatic rings. The van der Waals surface area contributed by atoms with Crippen molar-refractivity contribution >= 4 is 12.4 Å². The molecule has 0 radical (unpaired) electrons. The lowest BCUT2D eigenvalue weighted by atomic mass is 10.3. The number of rotatable bonds is 2. The number of carbonyl (C=O) groups excluding carboxylic acids is 1. The molecule has 0 N–H and O–H groups in total. The zero-order chi connectivity index (χ0) is 9.10. The third kappa shape index (κ3) is 1.63. The molecule has 0 bridgehead atoms. The van der Waals surface area contributed by atoms with Crippen molar-refractivity contribution in [2.45, 2.75) is 0 Å². The van der Waals surface area contributed by atoms with Crippen LogP contribution in [0.15, 0.2) is 16.9 Å². The van der Waals surface area contributed by atoms with Crippen molar-refractivity contribution in [1.82, 2.24) is 9.88 Å². The average molecular weight is 181 g/mol. The van der Waals surface area contributed by atoms with Gasteiger partial charge in [-0.2, -0.15) is 0 Å². The van der Waals surface area contributed by atoms with E-state index in [2.05, 4.69) is 4.98 Å². The molecule has 0 spiro atoms. The highest BCUT2D eigenvalue weighted by atomic mass is 16.4. The van der Waals surface area contributed by atoms with Gasteiger partial charge in [-0.25, -0.2) is 4.98 Å². The summed E-state index contributed by atoms with van der Waals surface area (Å²) in [5, 5.41) is 0. The van der Waals surface area contributed by atoms with E-state index >= 15 is 0 Å². The minimum Gasteiger partial charge on any atom is -0.432 e. The summed E-state index contributed by atoms with van der Waals surface area (Å²) in [4.78, 5) is 18.2. The van der Waals surface area contributed by atoms with Crippen LogP contribution >= 0.6 is 0 Å². The van der Waals surface area contributed by atoms with Crippen molar-refractivity contribution in [3.63, 3.8) is 0 Å². The molecule has 0 atom stereocenters. The number of amides is 1. The molecule has 1 amide bonds. The maximum absolute atomic E-state index is 10.4. The Kier molecular flexibility index (Phi) is 2.16. The van der Waals surface area contributed by atoms with Gasteiger partial charge in [-0.3, -0.25) is 4.79 Å². The van der Waals surface area contributed by atoms with Crippen LogP contribution in [0.5, 0.6) is 0 Å². The lowest BCUT2D eigenvalue weighted by Crippen LogP contribution is -2.45. The van der Waals surface area contributed by atoms with E-state index in [4.69, 9.17) is 4.42 Å². The van der Waals surface area contributed by atoms with Gasteiger partial charge in [0.15, 0.2) is 0 Å². The van der Waals surface area contributed by atoms with Crippen LogP contribution < -0.4 is 4.90 Å². The molecule has 1 saturated heterocycles. The normalized spacial score (nSPS) is 17.5. The van der Waals surface area contributed by atoms with E-state index in [1.165, 1.54) is 0 Å². The highest BCUT2D eigenvalue weighted by molar-refractivity contribution is 5.48. The first kappa shape index (κ1) is 8.10. The summed E-state index contributed by atoms with van der Waals surface area (Å²) in [6, 6.07) is 0.644. The molecule has 2 heterocycles. The fraction of sp³-hybridized carbons (Fsp3) is 0.500. The molecule has 1 aliphatic rings. The van der Waals surface area contributed by atoms with Crippen molar-refractivity contribution in [3.05, 3.63) is 12.5 Å². The molecule has 13 heavy (non-hydrogen) atoms. The SMILES string of the molecule is O=CN1CCN(c2ncco2)CC1. The molecule has 0 aliphatic carbocycles. The summed E-state index contributed by atoms with van der Waals surface area (Å²) < 4.78 is 5.15. The number of oxazole rings is 1. The van der Waals surface area contributed by atoms with Gasteiger partial charge in [0, 0.05) is 26.2 Å². The van der Waals surface area contributed by atoms with Crippen molar-refractivity contribution in [2.75, 3.05) is 31.1 Å². The summed E-state index contributed by atoms with van der Waals surface area (Å²) in [6.45, 7) is 3.07. The first-order valence-corrected chi connectivity index (χ1v) is 4.24. The quantitative estimate of drug-likeness (QED) is 0.600. The van der Waals surface area contributed by atoms with Crippen LogP contribution in [-0.2, 0) is 4.79 Å². The van der Waals surface area contributed by atoms with Crippen LogP contribution in [-0.4, -0.2) is 42.5 Å². The van der Waals surface area contributed by atoms with Crippen LogP contribution in [0.2, 0.25) is 0 Å². The molecular formula is C8H11N3O2. The van der Waals surface area contributed by atoms with Crippen molar-refractivity contribution < 1.29 is 9.21 Å². The molecular weight excluding hydrogens is 170 g/mol. The van der Waals surface area contributed by atoms with E-state index in [1.54, 1.807) is 17.4 Å². The molecule has 1 aliphatic heterocycles. The van der Waals surface area contributed by atoms with Crippen LogP contribution in [0.4, 0.5) is 6.01 Å². The van der Waals surface area contributed by atoms with Gasteiger partial charge in [0.2, 0.25) is 6.41 Å². The molecule has 1 aromatic heterocycles. The van der Waals surface area contributed by atoms with Crippen LogP contribution in [0.25, 0.3) is 0 Å². The molecule has 5 heteroatoms. The van der Waals surface area contributed by atoms with Gasteiger partial charge < -0.3 is 14.2 Å². The fourth-order valence-electron chi connectivity index (χ4n) is 1.39. The van der Waals surface area contributed by atoms with Crippen molar-refractivity contribution in [3.8, 4) is 0 Å². The second-order valence-corrected chi connectivity index (χ2v) is 2.94. The molecule has 0 unspecified atom stereocenters. The number of hydrogen-bond donors (Lipinski definition) is 0. The Morgan fingerprint density at radius 1 is 1.38 bits per heavy atom. The minimum absolute atomic E-state index is 0.644. The molecule has 70 valence electrons. The van der Waals surface area contributed by atoms with E-state index in [0.29, 0.717) is 6.01 Å². The third-order valence-corrected chi connectivity index (χ3v) is 2.15. The fourth-order valence-corrected chi connectivity index (χ4v) is 1.39.